The fourth-order valence-electron chi connectivity index (χ4n) is 3.95. The number of carbonyl (C=O) groups is 1. The second kappa shape index (κ2) is 14.9. The van der Waals surface area contributed by atoms with Crippen molar-refractivity contribution in [2.75, 3.05) is 26.8 Å². The molecule has 9 heteroatoms. The van der Waals surface area contributed by atoms with E-state index in [0.29, 0.717) is 25.0 Å². The Morgan fingerprint density at radius 2 is 1.06 bits per heavy atom. The van der Waals surface area contributed by atoms with E-state index in [-0.39, 0.29) is 43.9 Å². The van der Waals surface area contributed by atoms with Crippen LogP contribution < -0.4 is 10.6 Å². The van der Waals surface area contributed by atoms with E-state index in [1.165, 1.54) is 0 Å². The van der Waals surface area contributed by atoms with E-state index in [4.69, 9.17) is 18.9 Å². The quantitative estimate of drug-likeness (QED) is 0.160. The predicted octanol–water partition coefficient (Wildman–Crippen LogP) is 5.52. The Balaban J connectivity index is 2.96. The molecule has 2 amide bonds. The molecular weight excluding hydrogens is 464 g/mol. The van der Waals surface area contributed by atoms with Crippen molar-refractivity contribution in [1.29, 1.82) is 0 Å². The molecule has 1 fully saturated rings. The molecule has 0 saturated carbocycles. The van der Waals surface area contributed by atoms with Crippen LogP contribution in [0.25, 0.3) is 0 Å². The van der Waals surface area contributed by atoms with Crippen molar-refractivity contribution >= 4 is 22.2 Å². The van der Waals surface area contributed by atoms with Gasteiger partial charge in [0.15, 0.2) is 0 Å². The molecule has 1 aliphatic heterocycles. The van der Waals surface area contributed by atoms with Gasteiger partial charge in [-0.25, -0.2) is 4.79 Å². The van der Waals surface area contributed by atoms with Crippen LogP contribution in [0.2, 0.25) is 51.4 Å². The van der Waals surface area contributed by atoms with Gasteiger partial charge in [0.1, 0.15) is 25.8 Å². The molecule has 0 aromatic heterocycles. The molecule has 1 saturated heterocycles. The van der Waals surface area contributed by atoms with Gasteiger partial charge < -0.3 is 29.6 Å². The van der Waals surface area contributed by atoms with Crippen LogP contribution in [0.1, 0.15) is 40.5 Å². The summed E-state index contributed by atoms with van der Waals surface area (Å²) in [5.74, 6) is 0.805. The van der Waals surface area contributed by atoms with Gasteiger partial charge in [-0.15, -0.1) is 0 Å². The summed E-state index contributed by atoms with van der Waals surface area (Å²) in [6.45, 7) is 24.5. The number of ether oxygens (including phenoxy) is 4. The van der Waals surface area contributed by atoms with Gasteiger partial charge in [0.25, 0.3) is 0 Å². The Bertz CT molecular complexity index is 531. The highest BCUT2D eigenvalue weighted by molar-refractivity contribution is 6.76. The van der Waals surface area contributed by atoms with Crippen molar-refractivity contribution in [3.05, 3.63) is 0 Å². The molecule has 0 radical (unpaired) electrons. The first-order valence-electron chi connectivity index (χ1n) is 13.1. The Labute approximate surface area is 211 Å². The van der Waals surface area contributed by atoms with Gasteiger partial charge in [0, 0.05) is 29.4 Å². The van der Waals surface area contributed by atoms with Crippen molar-refractivity contribution in [2.24, 2.45) is 11.8 Å². The van der Waals surface area contributed by atoms with E-state index in [1.807, 2.05) is 0 Å². The zero-order valence-corrected chi connectivity index (χ0v) is 25.7. The van der Waals surface area contributed by atoms with Crippen LogP contribution in [0.15, 0.2) is 0 Å². The average molecular weight is 519 g/mol. The third-order valence-electron chi connectivity index (χ3n) is 5.88. The third kappa shape index (κ3) is 14.2. The highest BCUT2D eigenvalue weighted by Crippen LogP contribution is 2.24. The molecule has 2 N–H and O–H groups in total. The molecule has 0 spiro atoms. The van der Waals surface area contributed by atoms with E-state index < -0.39 is 16.1 Å². The van der Waals surface area contributed by atoms with Crippen molar-refractivity contribution in [3.63, 3.8) is 0 Å². The maximum atomic E-state index is 12.7. The minimum Gasteiger partial charge on any atom is -0.356 e. The van der Waals surface area contributed by atoms with Gasteiger partial charge in [0.2, 0.25) is 0 Å². The van der Waals surface area contributed by atoms with Crippen molar-refractivity contribution in [3.8, 4) is 0 Å². The van der Waals surface area contributed by atoms with Gasteiger partial charge in [-0.05, 0) is 36.8 Å². The summed E-state index contributed by atoms with van der Waals surface area (Å²) in [5.41, 5.74) is 0. The molecular formula is C25H54N2O5Si2. The normalized spacial score (nSPS) is 24.3. The van der Waals surface area contributed by atoms with Crippen molar-refractivity contribution in [2.45, 2.75) is 116 Å². The summed E-state index contributed by atoms with van der Waals surface area (Å²) in [7, 11) is -2.33. The molecule has 7 nitrogen and oxygen atoms in total. The van der Waals surface area contributed by atoms with Crippen LogP contribution in [0.3, 0.4) is 0 Å². The molecule has 1 aliphatic rings. The Kier molecular flexibility index (Phi) is 13.9. The van der Waals surface area contributed by atoms with Gasteiger partial charge >= 0.3 is 6.03 Å². The fourth-order valence-corrected chi connectivity index (χ4v) is 5.47. The highest BCUT2D eigenvalue weighted by atomic mass is 28.3. The summed E-state index contributed by atoms with van der Waals surface area (Å²) in [6, 6.07) is 1.70. The number of urea groups is 1. The minimum absolute atomic E-state index is 0.157. The average Bonchev–Trinajstić information content (AvgIpc) is 2.75. The largest absolute Gasteiger partial charge is 0.356 e. The second-order valence-electron chi connectivity index (χ2n) is 13.0. The third-order valence-corrected chi connectivity index (χ3v) is 9.29. The molecule has 0 aromatic carbocycles. The molecule has 1 heterocycles. The van der Waals surface area contributed by atoms with E-state index in [1.54, 1.807) is 0 Å². The summed E-state index contributed by atoms with van der Waals surface area (Å²) in [4.78, 5) is 12.7. The Hall–Kier alpha value is -0.456. The van der Waals surface area contributed by atoms with Gasteiger partial charge in [-0.1, -0.05) is 67.0 Å². The zero-order valence-electron chi connectivity index (χ0n) is 23.7. The number of hydrogen-bond acceptors (Lipinski definition) is 5. The lowest BCUT2D eigenvalue weighted by atomic mass is 9.90. The standard InChI is InChI=1S/C25H54N2O5Si2/c1-19(2)15-21-23(31-17-29-11-13-33(5,6)7)24(32-18-30-12-14-34(8,9)10)22(16-20(3)4)27-25(28)26-21/h19-24H,11-18H2,1-10H3,(H2,26,27,28)/t21-,22-,23+,24+/m1/s1. The van der Waals surface area contributed by atoms with Gasteiger partial charge in [0.05, 0.1) is 12.1 Å². The number of amides is 2. The Morgan fingerprint density at radius 3 is 1.35 bits per heavy atom. The number of hydrogen-bond donors (Lipinski definition) is 2. The van der Waals surface area contributed by atoms with Crippen molar-refractivity contribution in [1.82, 2.24) is 10.6 Å². The fraction of sp³-hybridized carbons (Fsp3) is 0.960. The van der Waals surface area contributed by atoms with Crippen LogP contribution in [0, 0.1) is 11.8 Å². The van der Waals surface area contributed by atoms with E-state index in [0.717, 1.165) is 24.9 Å². The molecule has 4 atom stereocenters. The van der Waals surface area contributed by atoms with Gasteiger partial charge in [-0.3, -0.25) is 0 Å². The zero-order chi connectivity index (χ0) is 25.9. The van der Waals surface area contributed by atoms with Crippen LogP contribution >= 0.6 is 0 Å². The summed E-state index contributed by atoms with van der Waals surface area (Å²) in [5, 5.41) is 6.28. The monoisotopic (exact) mass is 518 g/mol. The van der Waals surface area contributed by atoms with Gasteiger partial charge in [-0.2, -0.15) is 0 Å². The summed E-state index contributed by atoms with van der Waals surface area (Å²) >= 11 is 0. The maximum Gasteiger partial charge on any atom is 0.315 e. The first-order chi connectivity index (χ1) is 15.7. The predicted molar refractivity (Wildman–Crippen MR) is 146 cm³/mol. The first-order valence-corrected chi connectivity index (χ1v) is 20.5. The lowest BCUT2D eigenvalue weighted by Crippen LogP contribution is -2.52. The summed E-state index contributed by atoms with van der Waals surface area (Å²) in [6.07, 6.45) is 0.963. The van der Waals surface area contributed by atoms with Crippen LogP contribution in [-0.2, 0) is 18.9 Å². The lowest BCUT2D eigenvalue weighted by molar-refractivity contribution is -0.179. The maximum absolute atomic E-state index is 12.7. The molecule has 34 heavy (non-hydrogen) atoms. The second-order valence-corrected chi connectivity index (χ2v) is 24.3. The molecule has 0 unspecified atom stereocenters. The number of rotatable bonds is 16. The van der Waals surface area contributed by atoms with Crippen molar-refractivity contribution < 1.29 is 23.7 Å². The molecule has 0 aliphatic carbocycles. The number of nitrogens with one attached hydrogen (secondary N) is 2. The smallest absolute Gasteiger partial charge is 0.315 e. The first kappa shape index (κ1) is 31.6. The van der Waals surface area contributed by atoms with E-state index in [2.05, 4.69) is 77.6 Å². The van der Waals surface area contributed by atoms with E-state index in [9.17, 15) is 4.79 Å². The lowest BCUT2D eigenvalue weighted by Gasteiger charge is -2.35. The topological polar surface area (TPSA) is 78.1 Å². The SMILES string of the molecule is CC(C)C[C@H]1NC(=O)N[C@H](CC(C)C)[C@H](OCOCC[Si](C)(C)C)[C@H]1OCOCC[Si](C)(C)C. The number of carbonyl (C=O) groups excluding carboxylic acids is 1. The molecule has 0 bridgehead atoms. The molecule has 0 aromatic rings. The van der Waals surface area contributed by atoms with Crippen LogP contribution in [0.5, 0.6) is 0 Å². The molecule has 1 rings (SSSR count). The Morgan fingerprint density at radius 1 is 0.706 bits per heavy atom. The minimum atomic E-state index is -1.17. The van der Waals surface area contributed by atoms with Crippen LogP contribution in [0.4, 0.5) is 4.79 Å². The van der Waals surface area contributed by atoms with Crippen LogP contribution in [-0.4, -0.2) is 73.3 Å². The highest BCUT2D eigenvalue weighted by Gasteiger charge is 2.41. The summed E-state index contributed by atoms with van der Waals surface area (Å²) < 4.78 is 24.4. The molecule has 202 valence electrons. The van der Waals surface area contributed by atoms with E-state index >= 15 is 0 Å².